The minimum Gasteiger partial charge on any atom is -0.315 e. The number of piperidine rings is 1. The Kier molecular flexibility index (Phi) is 5.07. The molecule has 1 atom stereocenters. The summed E-state index contributed by atoms with van der Waals surface area (Å²) in [6, 6.07) is 0.710. The normalized spacial score (nSPS) is 23.4. The highest BCUT2D eigenvalue weighted by Gasteiger charge is 2.22. The number of nitrogens with one attached hydrogen (secondary N) is 2. The van der Waals surface area contributed by atoms with Gasteiger partial charge in [-0.25, -0.2) is 0 Å². The van der Waals surface area contributed by atoms with Gasteiger partial charge in [0.25, 0.3) is 0 Å². The molecular weight excluding hydrogens is 184 g/mol. The second-order valence-corrected chi connectivity index (χ2v) is 5.92. The van der Waals surface area contributed by atoms with E-state index in [2.05, 4.69) is 38.3 Å². The van der Waals surface area contributed by atoms with Crippen molar-refractivity contribution in [2.45, 2.75) is 53.0 Å². The van der Waals surface area contributed by atoms with Gasteiger partial charge < -0.3 is 10.6 Å². The molecule has 0 amide bonds. The molecule has 1 unspecified atom stereocenters. The molecule has 1 aliphatic rings. The molecule has 2 heteroatoms. The predicted molar refractivity (Wildman–Crippen MR) is 67.1 cm³/mol. The lowest BCUT2D eigenvalue weighted by atomic mass is 9.81. The summed E-state index contributed by atoms with van der Waals surface area (Å²) in [4.78, 5) is 0. The highest BCUT2D eigenvalue weighted by molar-refractivity contribution is 4.79. The van der Waals surface area contributed by atoms with E-state index in [1.807, 2.05) is 0 Å². The highest BCUT2D eigenvalue weighted by Crippen LogP contribution is 2.24. The highest BCUT2D eigenvalue weighted by atomic mass is 15.0. The summed E-state index contributed by atoms with van der Waals surface area (Å²) in [5, 5.41) is 7.19. The quantitative estimate of drug-likeness (QED) is 0.731. The summed E-state index contributed by atoms with van der Waals surface area (Å²) < 4.78 is 0. The van der Waals surface area contributed by atoms with E-state index in [0.717, 1.165) is 19.0 Å². The van der Waals surface area contributed by atoms with Gasteiger partial charge in [-0.3, -0.25) is 0 Å². The van der Waals surface area contributed by atoms with Crippen molar-refractivity contribution in [1.82, 2.24) is 10.6 Å². The largest absolute Gasteiger partial charge is 0.315 e. The summed E-state index contributed by atoms with van der Waals surface area (Å²) in [5.41, 5.74) is 0.411. The fraction of sp³-hybridized carbons (Fsp3) is 1.00. The van der Waals surface area contributed by atoms with Gasteiger partial charge in [0.05, 0.1) is 0 Å². The van der Waals surface area contributed by atoms with E-state index in [-0.39, 0.29) is 0 Å². The molecule has 0 saturated carbocycles. The summed E-state index contributed by atoms with van der Waals surface area (Å²) in [6.45, 7) is 12.8. The zero-order valence-corrected chi connectivity index (χ0v) is 10.9. The Hall–Kier alpha value is -0.0800. The number of hydrogen-bond donors (Lipinski definition) is 2. The van der Waals surface area contributed by atoms with Crippen LogP contribution in [-0.2, 0) is 0 Å². The van der Waals surface area contributed by atoms with Crippen molar-refractivity contribution in [3.05, 3.63) is 0 Å². The van der Waals surface area contributed by atoms with Crippen molar-refractivity contribution >= 4 is 0 Å². The van der Waals surface area contributed by atoms with Gasteiger partial charge in [-0.05, 0) is 30.7 Å². The molecule has 1 heterocycles. The van der Waals surface area contributed by atoms with Crippen molar-refractivity contribution in [2.75, 3.05) is 19.6 Å². The van der Waals surface area contributed by atoms with Crippen molar-refractivity contribution in [2.24, 2.45) is 11.3 Å². The molecule has 1 saturated heterocycles. The van der Waals surface area contributed by atoms with E-state index in [9.17, 15) is 0 Å². The molecule has 1 fully saturated rings. The van der Waals surface area contributed by atoms with Crippen molar-refractivity contribution < 1.29 is 0 Å². The van der Waals surface area contributed by atoms with Gasteiger partial charge in [0.1, 0.15) is 0 Å². The Bertz CT molecular complexity index is 169. The maximum absolute atomic E-state index is 3.61. The third-order valence-corrected chi connectivity index (χ3v) is 3.95. The Morgan fingerprint density at radius 1 is 1.33 bits per heavy atom. The van der Waals surface area contributed by atoms with Crippen molar-refractivity contribution in [3.63, 3.8) is 0 Å². The standard InChI is InChI=1S/C13H28N2/c1-11(2)13(3,4)10-14-9-12-7-5-6-8-15-12/h11-12,14-15H,5-10H2,1-4H3. The molecule has 0 aromatic rings. The molecule has 2 N–H and O–H groups in total. The van der Waals surface area contributed by atoms with E-state index >= 15 is 0 Å². The van der Waals surface area contributed by atoms with Crippen LogP contribution in [0, 0.1) is 11.3 Å². The van der Waals surface area contributed by atoms with Crippen LogP contribution in [0.5, 0.6) is 0 Å². The first-order chi connectivity index (χ1) is 7.02. The summed E-state index contributed by atoms with van der Waals surface area (Å²) in [5.74, 6) is 0.740. The summed E-state index contributed by atoms with van der Waals surface area (Å²) in [7, 11) is 0. The Labute approximate surface area is 95.2 Å². The van der Waals surface area contributed by atoms with E-state index in [1.54, 1.807) is 0 Å². The van der Waals surface area contributed by atoms with E-state index in [0.29, 0.717) is 11.5 Å². The fourth-order valence-corrected chi connectivity index (χ4v) is 1.87. The number of hydrogen-bond acceptors (Lipinski definition) is 2. The maximum Gasteiger partial charge on any atom is 0.0192 e. The van der Waals surface area contributed by atoms with Gasteiger partial charge in [-0.1, -0.05) is 34.1 Å². The van der Waals surface area contributed by atoms with Crippen LogP contribution in [0.2, 0.25) is 0 Å². The van der Waals surface area contributed by atoms with Gasteiger partial charge in [-0.15, -0.1) is 0 Å². The molecule has 0 aromatic carbocycles. The van der Waals surface area contributed by atoms with Crippen LogP contribution in [0.25, 0.3) is 0 Å². The molecule has 0 spiro atoms. The van der Waals surface area contributed by atoms with Gasteiger partial charge in [0.15, 0.2) is 0 Å². The van der Waals surface area contributed by atoms with E-state index in [4.69, 9.17) is 0 Å². The molecule has 0 radical (unpaired) electrons. The molecule has 0 aromatic heterocycles. The van der Waals surface area contributed by atoms with Crippen molar-refractivity contribution in [3.8, 4) is 0 Å². The predicted octanol–water partition coefficient (Wildman–Crippen LogP) is 2.40. The lowest BCUT2D eigenvalue weighted by molar-refractivity contribution is 0.232. The topological polar surface area (TPSA) is 24.1 Å². The molecule has 15 heavy (non-hydrogen) atoms. The molecule has 1 aliphatic heterocycles. The lowest BCUT2D eigenvalue weighted by Crippen LogP contribution is -2.44. The molecular formula is C13H28N2. The molecule has 0 aliphatic carbocycles. The van der Waals surface area contributed by atoms with Gasteiger partial charge in [0.2, 0.25) is 0 Å². The molecule has 0 bridgehead atoms. The molecule has 2 nitrogen and oxygen atoms in total. The Morgan fingerprint density at radius 2 is 2.07 bits per heavy atom. The van der Waals surface area contributed by atoms with Gasteiger partial charge >= 0.3 is 0 Å². The summed E-state index contributed by atoms with van der Waals surface area (Å²) in [6.07, 6.45) is 4.09. The monoisotopic (exact) mass is 212 g/mol. The van der Waals surface area contributed by atoms with Crippen LogP contribution in [0.1, 0.15) is 47.0 Å². The average Bonchev–Trinajstić information content (AvgIpc) is 2.19. The average molecular weight is 212 g/mol. The smallest absolute Gasteiger partial charge is 0.0192 e. The van der Waals surface area contributed by atoms with Crippen LogP contribution in [-0.4, -0.2) is 25.7 Å². The van der Waals surface area contributed by atoms with Gasteiger partial charge in [-0.2, -0.15) is 0 Å². The first kappa shape index (κ1) is 13.0. The second-order valence-electron chi connectivity index (χ2n) is 5.92. The van der Waals surface area contributed by atoms with E-state index < -0.39 is 0 Å². The van der Waals surface area contributed by atoms with E-state index in [1.165, 1.54) is 25.8 Å². The molecule has 1 rings (SSSR count). The molecule has 90 valence electrons. The third kappa shape index (κ3) is 4.52. The van der Waals surface area contributed by atoms with Crippen LogP contribution in [0.4, 0.5) is 0 Å². The summed E-state index contributed by atoms with van der Waals surface area (Å²) >= 11 is 0. The minimum atomic E-state index is 0.411. The Balaban J connectivity index is 2.14. The maximum atomic E-state index is 3.61. The van der Waals surface area contributed by atoms with Crippen LogP contribution < -0.4 is 10.6 Å². The first-order valence-corrected chi connectivity index (χ1v) is 6.46. The van der Waals surface area contributed by atoms with Gasteiger partial charge in [0, 0.05) is 19.1 Å². The van der Waals surface area contributed by atoms with Crippen molar-refractivity contribution in [1.29, 1.82) is 0 Å². The Morgan fingerprint density at radius 3 is 2.60 bits per heavy atom. The SMILES string of the molecule is CC(C)C(C)(C)CNCC1CCCCN1. The second kappa shape index (κ2) is 5.86. The zero-order chi connectivity index (χ0) is 11.3. The number of rotatable bonds is 5. The lowest BCUT2D eigenvalue weighted by Gasteiger charge is -2.31. The zero-order valence-electron chi connectivity index (χ0n) is 10.9. The minimum absolute atomic E-state index is 0.411. The van der Waals surface area contributed by atoms with Crippen LogP contribution in [0.15, 0.2) is 0 Å². The van der Waals surface area contributed by atoms with Crippen LogP contribution >= 0.6 is 0 Å². The van der Waals surface area contributed by atoms with Crippen LogP contribution in [0.3, 0.4) is 0 Å². The fourth-order valence-electron chi connectivity index (χ4n) is 1.87. The first-order valence-electron chi connectivity index (χ1n) is 6.46. The third-order valence-electron chi connectivity index (χ3n) is 3.95.